The third kappa shape index (κ3) is 4.45. The Labute approximate surface area is 188 Å². The summed E-state index contributed by atoms with van der Waals surface area (Å²) in [7, 11) is 0. The van der Waals surface area contributed by atoms with Crippen molar-refractivity contribution in [3.63, 3.8) is 0 Å². The molecule has 0 spiro atoms. The Morgan fingerprint density at radius 1 is 0.750 bits per heavy atom. The highest BCUT2D eigenvalue weighted by Gasteiger charge is 2.17. The number of benzene rings is 3. The first-order valence-electron chi connectivity index (χ1n) is 10.00. The van der Waals surface area contributed by atoms with E-state index in [0.717, 1.165) is 16.7 Å². The molecule has 0 fully saturated rings. The van der Waals surface area contributed by atoms with Crippen LogP contribution < -0.4 is 0 Å². The van der Waals surface area contributed by atoms with E-state index in [1.54, 1.807) is 12.1 Å². The van der Waals surface area contributed by atoms with Gasteiger partial charge in [-0.05, 0) is 42.0 Å². The number of hydrogen-bond acceptors (Lipinski definition) is 6. The van der Waals surface area contributed by atoms with E-state index < -0.39 is 0 Å². The molecule has 0 radical (unpaired) electrons. The Hall–Kier alpha value is -3.78. The second kappa shape index (κ2) is 9.15. The van der Waals surface area contributed by atoms with Crippen molar-refractivity contribution < 1.29 is 8.81 Å². The lowest BCUT2D eigenvalue weighted by atomic mass is 10.2. The fourth-order valence-electron chi connectivity index (χ4n) is 3.25. The Bertz CT molecular complexity index is 1300. The summed E-state index contributed by atoms with van der Waals surface area (Å²) >= 11 is 1.47. The minimum atomic E-state index is -0.289. The van der Waals surface area contributed by atoms with Crippen molar-refractivity contribution in [2.75, 3.05) is 0 Å². The van der Waals surface area contributed by atoms with Gasteiger partial charge in [0.2, 0.25) is 11.8 Å². The molecule has 0 unspecified atom stereocenters. The minimum absolute atomic E-state index is 0.289. The molecule has 5 rings (SSSR count). The molecule has 0 bridgehead atoms. The highest BCUT2D eigenvalue weighted by atomic mass is 32.2. The standard InChI is InChI=1S/C24H18FN5OS/c25-20-13-11-18(12-14-20)22-27-29-24(30(22)15-17-7-3-1-4-8-17)32-16-21-26-28-23(31-21)19-9-5-2-6-10-19/h1-14H,15-16H2. The van der Waals surface area contributed by atoms with Gasteiger partial charge in [-0.1, -0.05) is 60.3 Å². The quantitative estimate of drug-likeness (QED) is 0.311. The number of nitrogens with zero attached hydrogens (tertiary/aromatic N) is 5. The van der Waals surface area contributed by atoms with Gasteiger partial charge in [-0.25, -0.2) is 4.39 Å². The van der Waals surface area contributed by atoms with E-state index in [-0.39, 0.29) is 5.82 Å². The van der Waals surface area contributed by atoms with Gasteiger partial charge in [-0.2, -0.15) is 0 Å². The number of rotatable bonds is 7. The molecule has 158 valence electrons. The lowest BCUT2D eigenvalue weighted by Crippen LogP contribution is -2.04. The molecule has 6 nitrogen and oxygen atoms in total. The van der Waals surface area contributed by atoms with Crippen molar-refractivity contribution in [2.45, 2.75) is 17.5 Å². The fourth-order valence-corrected chi connectivity index (χ4v) is 4.03. The predicted molar refractivity (Wildman–Crippen MR) is 120 cm³/mol. The van der Waals surface area contributed by atoms with E-state index in [1.165, 1.54) is 23.9 Å². The Morgan fingerprint density at radius 3 is 2.22 bits per heavy atom. The predicted octanol–water partition coefficient (Wildman–Crippen LogP) is 5.47. The van der Waals surface area contributed by atoms with Crippen LogP contribution in [0.3, 0.4) is 0 Å². The number of aromatic nitrogens is 5. The summed E-state index contributed by atoms with van der Waals surface area (Å²) < 4.78 is 21.2. The highest BCUT2D eigenvalue weighted by molar-refractivity contribution is 7.98. The third-order valence-electron chi connectivity index (χ3n) is 4.82. The van der Waals surface area contributed by atoms with Crippen LogP contribution in [0, 0.1) is 5.82 Å². The van der Waals surface area contributed by atoms with Gasteiger partial charge in [0.1, 0.15) is 5.82 Å². The number of thioether (sulfide) groups is 1. The van der Waals surface area contributed by atoms with E-state index in [9.17, 15) is 4.39 Å². The molecule has 0 aliphatic rings. The highest BCUT2D eigenvalue weighted by Crippen LogP contribution is 2.28. The maximum atomic E-state index is 13.4. The summed E-state index contributed by atoms with van der Waals surface area (Å²) in [5.74, 6) is 1.83. The van der Waals surface area contributed by atoms with Crippen LogP contribution in [0.5, 0.6) is 0 Å². The van der Waals surface area contributed by atoms with Gasteiger partial charge in [-0.3, -0.25) is 4.57 Å². The van der Waals surface area contributed by atoms with E-state index in [2.05, 4.69) is 20.4 Å². The molecule has 32 heavy (non-hydrogen) atoms. The summed E-state index contributed by atoms with van der Waals surface area (Å²) in [5.41, 5.74) is 2.79. The first kappa shape index (κ1) is 20.1. The molecule has 3 aromatic carbocycles. The van der Waals surface area contributed by atoms with Crippen molar-refractivity contribution in [3.05, 3.63) is 102 Å². The lowest BCUT2D eigenvalue weighted by Gasteiger charge is -2.10. The molecule has 0 N–H and O–H groups in total. The molecule has 0 saturated heterocycles. The molecule has 0 atom stereocenters. The topological polar surface area (TPSA) is 69.6 Å². The zero-order valence-corrected chi connectivity index (χ0v) is 17.7. The molecule has 0 amide bonds. The van der Waals surface area contributed by atoms with Crippen LogP contribution in [0.4, 0.5) is 4.39 Å². The number of halogens is 1. The molecule has 0 saturated carbocycles. The molecule has 0 aliphatic carbocycles. The van der Waals surface area contributed by atoms with Crippen LogP contribution >= 0.6 is 11.8 Å². The van der Waals surface area contributed by atoms with Crippen molar-refractivity contribution in [1.29, 1.82) is 0 Å². The summed E-state index contributed by atoms with van der Waals surface area (Å²) in [5, 5.41) is 17.8. The monoisotopic (exact) mass is 443 g/mol. The average molecular weight is 444 g/mol. The van der Waals surface area contributed by atoms with Crippen LogP contribution in [0.1, 0.15) is 11.5 Å². The summed E-state index contributed by atoms with van der Waals surface area (Å²) in [4.78, 5) is 0. The van der Waals surface area contributed by atoms with Crippen molar-refractivity contribution in [2.24, 2.45) is 0 Å². The van der Waals surface area contributed by atoms with Gasteiger partial charge in [-0.15, -0.1) is 20.4 Å². The summed E-state index contributed by atoms with van der Waals surface area (Å²) in [6.45, 7) is 0.585. The van der Waals surface area contributed by atoms with Crippen LogP contribution in [0.2, 0.25) is 0 Å². The van der Waals surface area contributed by atoms with Crippen molar-refractivity contribution in [1.82, 2.24) is 25.0 Å². The third-order valence-corrected chi connectivity index (χ3v) is 5.77. The SMILES string of the molecule is Fc1ccc(-c2nnc(SCc3nnc(-c4ccccc4)o3)n2Cc2ccccc2)cc1. The zero-order valence-electron chi connectivity index (χ0n) is 16.9. The normalized spacial score (nSPS) is 11.0. The van der Waals surface area contributed by atoms with Crippen molar-refractivity contribution in [3.8, 4) is 22.8 Å². The molecule has 8 heteroatoms. The molecule has 2 aromatic heterocycles. The van der Waals surface area contributed by atoms with Gasteiger partial charge in [0.05, 0.1) is 12.3 Å². The van der Waals surface area contributed by atoms with Crippen LogP contribution in [-0.2, 0) is 12.3 Å². The minimum Gasteiger partial charge on any atom is -0.420 e. The maximum Gasteiger partial charge on any atom is 0.247 e. The molecule has 0 aliphatic heterocycles. The van der Waals surface area contributed by atoms with Gasteiger partial charge in [0.25, 0.3) is 0 Å². The zero-order chi connectivity index (χ0) is 21.8. The molecule has 5 aromatic rings. The van der Waals surface area contributed by atoms with Crippen LogP contribution in [-0.4, -0.2) is 25.0 Å². The smallest absolute Gasteiger partial charge is 0.247 e. The van der Waals surface area contributed by atoms with E-state index in [0.29, 0.717) is 35.1 Å². The van der Waals surface area contributed by atoms with E-state index in [4.69, 9.17) is 4.42 Å². The fraction of sp³-hybridized carbons (Fsp3) is 0.0833. The second-order valence-electron chi connectivity index (χ2n) is 7.04. The van der Waals surface area contributed by atoms with Crippen molar-refractivity contribution >= 4 is 11.8 Å². The Balaban J connectivity index is 1.41. The van der Waals surface area contributed by atoms with Gasteiger partial charge < -0.3 is 4.42 Å². The van der Waals surface area contributed by atoms with Gasteiger partial charge in [0, 0.05) is 11.1 Å². The molecular formula is C24H18FN5OS. The molecular weight excluding hydrogens is 425 g/mol. The largest absolute Gasteiger partial charge is 0.420 e. The van der Waals surface area contributed by atoms with Gasteiger partial charge >= 0.3 is 0 Å². The maximum absolute atomic E-state index is 13.4. The summed E-state index contributed by atoms with van der Waals surface area (Å²) in [6, 6.07) is 26.0. The second-order valence-corrected chi connectivity index (χ2v) is 7.98. The molecule has 2 heterocycles. The Kier molecular flexibility index (Phi) is 5.76. The van der Waals surface area contributed by atoms with Crippen LogP contribution in [0.25, 0.3) is 22.8 Å². The number of hydrogen-bond donors (Lipinski definition) is 0. The average Bonchev–Trinajstić information content (AvgIpc) is 3.47. The lowest BCUT2D eigenvalue weighted by molar-refractivity contribution is 0.528. The van der Waals surface area contributed by atoms with Crippen LogP contribution in [0.15, 0.2) is 94.5 Å². The van der Waals surface area contributed by atoms with E-state index in [1.807, 2.05) is 65.2 Å². The first-order valence-corrected chi connectivity index (χ1v) is 11.0. The summed E-state index contributed by atoms with van der Waals surface area (Å²) in [6.07, 6.45) is 0. The van der Waals surface area contributed by atoms with E-state index >= 15 is 0 Å². The first-order chi connectivity index (χ1) is 15.8. The van der Waals surface area contributed by atoms with Gasteiger partial charge in [0.15, 0.2) is 11.0 Å². The Morgan fingerprint density at radius 2 is 1.47 bits per heavy atom.